The third kappa shape index (κ3) is 2.20. The highest BCUT2D eigenvalue weighted by Crippen LogP contribution is 2.49. The predicted molar refractivity (Wildman–Crippen MR) is 75.4 cm³/mol. The quantitative estimate of drug-likeness (QED) is 0.754. The molecule has 100 valence electrons. The highest BCUT2D eigenvalue weighted by atomic mass is 16.5. The number of hydrogen-bond donors (Lipinski definition) is 0. The monoisotopic (exact) mass is 256 g/mol. The van der Waals surface area contributed by atoms with Crippen LogP contribution in [0.3, 0.4) is 0 Å². The van der Waals surface area contributed by atoms with Gasteiger partial charge in [0.05, 0.1) is 12.0 Å². The molecule has 19 heavy (non-hydrogen) atoms. The number of ether oxygens (including phenoxy) is 1. The SMILES string of the molecule is C[C@@]12CCC[C@@H](/C=C/c3ccccc3)[C@@H]1COC2=O. The molecule has 1 aliphatic carbocycles. The van der Waals surface area contributed by atoms with E-state index in [0.717, 1.165) is 12.8 Å². The van der Waals surface area contributed by atoms with E-state index in [9.17, 15) is 4.79 Å². The first-order valence-corrected chi connectivity index (χ1v) is 7.11. The van der Waals surface area contributed by atoms with Gasteiger partial charge >= 0.3 is 5.97 Å². The lowest BCUT2D eigenvalue weighted by molar-refractivity contribution is -0.146. The Morgan fingerprint density at radius 3 is 2.89 bits per heavy atom. The summed E-state index contributed by atoms with van der Waals surface area (Å²) in [7, 11) is 0. The number of fused-ring (bicyclic) bond motifs is 1. The van der Waals surface area contributed by atoms with Crippen LogP contribution in [0.1, 0.15) is 31.7 Å². The van der Waals surface area contributed by atoms with E-state index in [0.29, 0.717) is 18.4 Å². The van der Waals surface area contributed by atoms with Crippen LogP contribution in [0.25, 0.3) is 6.08 Å². The van der Waals surface area contributed by atoms with Crippen LogP contribution in [-0.2, 0) is 9.53 Å². The molecule has 1 saturated heterocycles. The Morgan fingerprint density at radius 1 is 1.32 bits per heavy atom. The van der Waals surface area contributed by atoms with Crippen molar-refractivity contribution in [1.29, 1.82) is 0 Å². The number of carbonyl (C=O) groups is 1. The van der Waals surface area contributed by atoms with Crippen molar-refractivity contribution < 1.29 is 9.53 Å². The minimum atomic E-state index is -0.246. The van der Waals surface area contributed by atoms with Gasteiger partial charge in [-0.25, -0.2) is 0 Å². The topological polar surface area (TPSA) is 26.3 Å². The molecule has 1 aromatic carbocycles. The number of allylic oxidation sites excluding steroid dienone is 1. The van der Waals surface area contributed by atoms with E-state index in [1.165, 1.54) is 12.0 Å². The molecular formula is C17H20O2. The standard InChI is InChI=1S/C17H20O2/c1-17-11-5-8-14(15(17)12-19-16(17)18)10-9-13-6-3-2-4-7-13/h2-4,6-7,9-10,14-15H,5,8,11-12H2,1H3/b10-9+/t14-,15-,17+/m0/s1. The van der Waals surface area contributed by atoms with Crippen LogP contribution in [0.15, 0.2) is 36.4 Å². The molecule has 2 nitrogen and oxygen atoms in total. The van der Waals surface area contributed by atoms with Crippen molar-refractivity contribution in [2.45, 2.75) is 26.2 Å². The summed E-state index contributed by atoms with van der Waals surface area (Å²) >= 11 is 0. The van der Waals surface area contributed by atoms with Gasteiger partial charge in [-0.2, -0.15) is 0 Å². The van der Waals surface area contributed by atoms with Crippen molar-refractivity contribution >= 4 is 12.0 Å². The predicted octanol–water partition coefficient (Wildman–Crippen LogP) is 3.68. The van der Waals surface area contributed by atoms with Crippen molar-refractivity contribution in [3.05, 3.63) is 42.0 Å². The van der Waals surface area contributed by atoms with Crippen LogP contribution in [0.5, 0.6) is 0 Å². The normalized spacial score (nSPS) is 34.3. The molecule has 1 saturated carbocycles. The molecule has 2 aliphatic rings. The maximum atomic E-state index is 11.9. The van der Waals surface area contributed by atoms with Crippen LogP contribution in [0.2, 0.25) is 0 Å². The van der Waals surface area contributed by atoms with Crippen LogP contribution >= 0.6 is 0 Å². The summed E-state index contributed by atoms with van der Waals surface area (Å²) in [4.78, 5) is 11.9. The Kier molecular flexibility index (Phi) is 3.17. The second-order valence-corrected chi connectivity index (χ2v) is 5.95. The number of esters is 1. The molecule has 0 amide bonds. The number of cyclic esters (lactones) is 1. The highest BCUT2D eigenvalue weighted by Gasteiger charge is 2.52. The Labute approximate surface area is 114 Å². The van der Waals surface area contributed by atoms with Crippen molar-refractivity contribution in [3.63, 3.8) is 0 Å². The fourth-order valence-corrected chi connectivity index (χ4v) is 3.48. The highest BCUT2D eigenvalue weighted by molar-refractivity contribution is 5.79. The summed E-state index contributed by atoms with van der Waals surface area (Å²) < 4.78 is 5.31. The lowest BCUT2D eigenvalue weighted by atomic mass is 9.64. The van der Waals surface area contributed by atoms with E-state index in [1.54, 1.807) is 0 Å². The third-order valence-electron chi connectivity index (χ3n) is 4.76. The van der Waals surface area contributed by atoms with Crippen LogP contribution in [0.4, 0.5) is 0 Å². The average molecular weight is 256 g/mol. The first-order chi connectivity index (χ1) is 9.20. The second-order valence-electron chi connectivity index (χ2n) is 5.95. The third-order valence-corrected chi connectivity index (χ3v) is 4.76. The van der Waals surface area contributed by atoms with Gasteiger partial charge in [0, 0.05) is 5.92 Å². The fourth-order valence-electron chi connectivity index (χ4n) is 3.48. The van der Waals surface area contributed by atoms with Gasteiger partial charge in [0.2, 0.25) is 0 Å². The van der Waals surface area contributed by atoms with E-state index in [-0.39, 0.29) is 11.4 Å². The number of hydrogen-bond acceptors (Lipinski definition) is 2. The maximum Gasteiger partial charge on any atom is 0.312 e. The molecule has 1 heterocycles. The fraction of sp³-hybridized carbons (Fsp3) is 0.471. The van der Waals surface area contributed by atoms with Gasteiger partial charge in [-0.1, -0.05) is 48.9 Å². The Bertz CT molecular complexity index is 491. The zero-order valence-corrected chi connectivity index (χ0v) is 11.3. The average Bonchev–Trinajstić information content (AvgIpc) is 2.74. The largest absolute Gasteiger partial charge is 0.465 e. The minimum absolute atomic E-state index is 0.00955. The molecule has 0 unspecified atom stereocenters. The first-order valence-electron chi connectivity index (χ1n) is 7.11. The van der Waals surface area contributed by atoms with E-state index in [4.69, 9.17) is 4.74 Å². The molecule has 1 aromatic rings. The van der Waals surface area contributed by atoms with Gasteiger partial charge in [-0.15, -0.1) is 0 Å². The van der Waals surface area contributed by atoms with Gasteiger partial charge in [0.15, 0.2) is 0 Å². The Hall–Kier alpha value is -1.57. The Balaban J connectivity index is 1.78. The summed E-state index contributed by atoms with van der Waals surface area (Å²) in [6.07, 6.45) is 7.72. The molecule has 3 rings (SSSR count). The summed E-state index contributed by atoms with van der Waals surface area (Å²) in [6.45, 7) is 2.68. The molecule has 3 atom stereocenters. The molecule has 0 aromatic heterocycles. The lowest BCUT2D eigenvalue weighted by Gasteiger charge is -2.36. The van der Waals surface area contributed by atoms with E-state index in [1.807, 2.05) is 18.2 Å². The number of benzene rings is 1. The lowest BCUT2D eigenvalue weighted by Crippen LogP contribution is -2.37. The van der Waals surface area contributed by atoms with Crippen molar-refractivity contribution in [2.24, 2.45) is 17.3 Å². The van der Waals surface area contributed by atoms with E-state index >= 15 is 0 Å². The Morgan fingerprint density at radius 2 is 2.11 bits per heavy atom. The van der Waals surface area contributed by atoms with Crippen LogP contribution in [0, 0.1) is 17.3 Å². The smallest absolute Gasteiger partial charge is 0.312 e. The second kappa shape index (κ2) is 4.84. The van der Waals surface area contributed by atoms with Gasteiger partial charge in [0.1, 0.15) is 0 Å². The van der Waals surface area contributed by atoms with Crippen molar-refractivity contribution in [3.8, 4) is 0 Å². The molecular weight excluding hydrogens is 236 g/mol. The van der Waals surface area contributed by atoms with Crippen LogP contribution < -0.4 is 0 Å². The molecule has 0 bridgehead atoms. The molecule has 0 radical (unpaired) electrons. The van der Waals surface area contributed by atoms with E-state index < -0.39 is 0 Å². The maximum absolute atomic E-state index is 11.9. The van der Waals surface area contributed by atoms with Gasteiger partial charge < -0.3 is 4.74 Å². The summed E-state index contributed by atoms with van der Waals surface area (Å²) in [5.41, 5.74) is 0.976. The summed E-state index contributed by atoms with van der Waals surface area (Å²) in [6, 6.07) is 10.3. The number of rotatable bonds is 2. The van der Waals surface area contributed by atoms with E-state index in [2.05, 4.69) is 31.2 Å². The molecule has 2 heteroatoms. The number of carbonyl (C=O) groups excluding carboxylic acids is 1. The van der Waals surface area contributed by atoms with Crippen molar-refractivity contribution in [2.75, 3.05) is 6.61 Å². The molecule has 2 fully saturated rings. The van der Waals surface area contributed by atoms with Crippen molar-refractivity contribution in [1.82, 2.24) is 0 Å². The molecule has 0 spiro atoms. The summed E-state index contributed by atoms with van der Waals surface area (Å²) in [5.74, 6) is 0.828. The zero-order valence-electron chi connectivity index (χ0n) is 11.3. The molecule has 1 aliphatic heterocycles. The van der Waals surface area contributed by atoms with Crippen LogP contribution in [-0.4, -0.2) is 12.6 Å². The summed E-state index contributed by atoms with van der Waals surface area (Å²) in [5, 5.41) is 0. The minimum Gasteiger partial charge on any atom is -0.465 e. The molecule has 0 N–H and O–H groups in total. The zero-order chi connectivity index (χ0) is 13.3. The first kappa shape index (κ1) is 12.5. The van der Waals surface area contributed by atoms with Gasteiger partial charge in [-0.05, 0) is 31.2 Å². The van der Waals surface area contributed by atoms with Gasteiger partial charge in [-0.3, -0.25) is 4.79 Å². The van der Waals surface area contributed by atoms with Gasteiger partial charge in [0.25, 0.3) is 0 Å².